The van der Waals surface area contributed by atoms with E-state index in [0.29, 0.717) is 12.0 Å². The van der Waals surface area contributed by atoms with Crippen molar-refractivity contribution in [1.29, 1.82) is 0 Å². The molecule has 0 aromatic carbocycles. The van der Waals surface area contributed by atoms with Crippen molar-refractivity contribution in [2.45, 2.75) is 83.7 Å². The summed E-state index contributed by atoms with van der Waals surface area (Å²) in [5.41, 5.74) is 5.70. The number of nitrogens with one attached hydrogen (secondary N) is 1. The zero-order valence-electron chi connectivity index (χ0n) is 15.8. The van der Waals surface area contributed by atoms with Gasteiger partial charge in [-0.3, -0.25) is 4.79 Å². The number of hydrogen-bond donors (Lipinski definition) is 2. The van der Waals surface area contributed by atoms with Crippen LogP contribution >= 0.6 is 0 Å². The lowest BCUT2D eigenvalue weighted by atomic mass is 9.86. The minimum Gasteiger partial charge on any atom is -0.411 e. The number of carbonyl (C=O) groups excluding carboxylic acids is 1. The van der Waals surface area contributed by atoms with Gasteiger partial charge in [0.25, 0.3) is 0 Å². The molecular formula is C18H36N2O2Si. The molecule has 0 spiro atoms. The van der Waals surface area contributed by atoms with E-state index in [-0.39, 0.29) is 17.0 Å². The van der Waals surface area contributed by atoms with Crippen LogP contribution in [-0.4, -0.2) is 32.9 Å². The molecule has 1 amide bonds. The molecule has 0 bridgehead atoms. The summed E-state index contributed by atoms with van der Waals surface area (Å²) in [7, 11) is -1.79. The molecule has 0 aromatic rings. The fraction of sp³-hybridized carbons (Fsp3) is 0.833. The molecule has 0 saturated heterocycles. The maximum atomic E-state index is 12.1. The van der Waals surface area contributed by atoms with Crippen molar-refractivity contribution in [3.63, 3.8) is 0 Å². The normalized spacial score (nSPS) is 24.7. The van der Waals surface area contributed by atoms with Crippen LogP contribution in [0.15, 0.2) is 12.2 Å². The zero-order valence-corrected chi connectivity index (χ0v) is 16.8. The Balaban J connectivity index is 2.40. The summed E-state index contributed by atoms with van der Waals surface area (Å²) in [6.45, 7) is 13.9. The predicted octanol–water partition coefficient (Wildman–Crippen LogP) is 3.59. The third kappa shape index (κ3) is 6.77. The van der Waals surface area contributed by atoms with E-state index in [9.17, 15) is 4.79 Å². The van der Waals surface area contributed by atoms with Gasteiger partial charge in [0.05, 0.1) is 6.10 Å². The molecule has 4 nitrogen and oxygen atoms in total. The van der Waals surface area contributed by atoms with E-state index in [0.717, 1.165) is 32.2 Å². The van der Waals surface area contributed by atoms with Gasteiger partial charge in [-0.1, -0.05) is 26.8 Å². The Bertz CT molecular complexity index is 408. The maximum Gasteiger partial charge on any atom is 0.243 e. The average molecular weight is 341 g/mol. The molecule has 0 aliphatic heterocycles. The molecule has 134 valence electrons. The van der Waals surface area contributed by atoms with Crippen molar-refractivity contribution in [3.8, 4) is 0 Å². The molecule has 3 N–H and O–H groups in total. The first-order valence-electron chi connectivity index (χ1n) is 8.91. The van der Waals surface area contributed by atoms with Gasteiger partial charge < -0.3 is 15.5 Å². The second-order valence-electron chi connectivity index (χ2n) is 8.40. The minimum absolute atomic E-state index is 0.00752. The first-order chi connectivity index (χ1) is 10.5. The summed E-state index contributed by atoms with van der Waals surface area (Å²) in [5.74, 6) is 0.628. The van der Waals surface area contributed by atoms with Crippen LogP contribution in [0.5, 0.6) is 0 Å². The van der Waals surface area contributed by atoms with Gasteiger partial charge in [0, 0.05) is 12.1 Å². The Morgan fingerprint density at radius 2 is 1.87 bits per heavy atom. The van der Waals surface area contributed by atoms with Gasteiger partial charge in [-0.25, -0.2) is 0 Å². The fourth-order valence-electron chi connectivity index (χ4n) is 2.70. The van der Waals surface area contributed by atoms with Crippen molar-refractivity contribution in [1.82, 2.24) is 5.32 Å². The van der Waals surface area contributed by atoms with Crippen molar-refractivity contribution >= 4 is 14.2 Å². The summed E-state index contributed by atoms with van der Waals surface area (Å²) in [4.78, 5) is 12.1. The lowest BCUT2D eigenvalue weighted by molar-refractivity contribution is -0.117. The van der Waals surface area contributed by atoms with Gasteiger partial charge in [-0.05, 0) is 63.2 Å². The second kappa shape index (κ2) is 8.45. The minimum atomic E-state index is -1.79. The highest BCUT2D eigenvalue weighted by molar-refractivity contribution is 6.74. The van der Waals surface area contributed by atoms with E-state index in [2.05, 4.69) is 39.2 Å². The topological polar surface area (TPSA) is 64.4 Å². The Morgan fingerprint density at radius 1 is 1.30 bits per heavy atom. The van der Waals surface area contributed by atoms with Crippen LogP contribution < -0.4 is 11.1 Å². The van der Waals surface area contributed by atoms with Gasteiger partial charge in [0.15, 0.2) is 8.32 Å². The van der Waals surface area contributed by atoms with E-state index in [1.807, 2.05) is 13.0 Å². The molecule has 1 saturated carbocycles. The Hall–Kier alpha value is -0.653. The van der Waals surface area contributed by atoms with Crippen LogP contribution in [0, 0.1) is 5.92 Å². The van der Waals surface area contributed by atoms with Gasteiger partial charge in [-0.15, -0.1) is 0 Å². The molecule has 0 heterocycles. The quantitative estimate of drug-likeness (QED) is 0.574. The first kappa shape index (κ1) is 20.4. The van der Waals surface area contributed by atoms with E-state index in [1.165, 1.54) is 0 Å². The number of hydrogen-bond acceptors (Lipinski definition) is 3. The molecule has 0 aromatic heterocycles. The van der Waals surface area contributed by atoms with Crippen molar-refractivity contribution in [2.24, 2.45) is 11.7 Å². The van der Waals surface area contributed by atoms with Gasteiger partial charge in [0.1, 0.15) is 0 Å². The lowest BCUT2D eigenvalue weighted by Gasteiger charge is -2.37. The maximum absolute atomic E-state index is 12.1. The third-order valence-corrected chi connectivity index (χ3v) is 9.91. The molecule has 1 aliphatic carbocycles. The zero-order chi connectivity index (χ0) is 17.7. The standard InChI is InChI=1S/C18H36N2O2Si/c1-14(22-23(5,6)18(2,3)4)7-12-17(21)20-16-10-8-15(13-19)9-11-16/h7,12,14-16H,8-11,13,19H2,1-6H3,(H,20,21)/b12-7-/t14-,15?,16?/m0/s1. The average Bonchev–Trinajstić information content (AvgIpc) is 2.44. The molecule has 1 rings (SSSR count). The summed E-state index contributed by atoms with van der Waals surface area (Å²) in [5, 5.41) is 3.28. The highest BCUT2D eigenvalue weighted by Gasteiger charge is 2.38. The lowest BCUT2D eigenvalue weighted by Crippen LogP contribution is -2.43. The Kier molecular flexibility index (Phi) is 7.49. The van der Waals surface area contributed by atoms with Crippen LogP contribution in [-0.2, 0) is 9.22 Å². The largest absolute Gasteiger partial charge is 0.411 e. The van der Waals surface area contributed by atoms with Crippen LogP contribution in [0.4, 0.5) is 0 Å². The van der Waals surface area contributed by atoms with Crippen molar-refractivity contribution < 1.29 is 9.22 Å². The summed E-state index contributed by atoms with van der Waals surface area (Å²) in [6, 6.07) is 0.298. The predicted molar refractivity (Wildman–Crippen MR) is 99.8 cm³/mol. The highest BCUT2D eigenvalue weighted by atomic mass is 28.4. The monoisotopic (exact) mass is 340 g/mol. The first-order valence-corrected chi connectivity index (χ1v) is 11.8. The van der Waals surface area contributed by atoms with E-state index < -0.39 is 8.32 Å². The second-order valence-corrected chi connectivity index (χ2v) is 13.2. The number of amides is 1. The molecule has 0 radical (unpaired) electrons. The fourth-order valence-corrected chi connectivity index (χ4v) is 4.06. The summed E-state index contributed by atoms with van der Waals surface area (Å²) < 4.78 is 6.23. The summed E-state index contributed by atoms with van der Waals surface area (Å²) in [6.07, 6.45) is 7.80. The van der Waals surface area contributed by atoms with Crippen molar-refractivity contribution in [3.05, 3.63) is 12.2 Å². The van der Waals surface area contributed by atoms with Crippen LogP contribution in [0.25, 0.3) is 0 Å². The Labute approximate surface area is 143 Å². The molecule has 5 heteroatoms. The molecule has 1 atom stereocenters. The molecule has 0 unspecified atom stereocenters. The molecule has 23 heavy (non-hydrogen) atoms. The van der Waals surface area contributed by atoms with E-state index >= 15 is 0 Å². The number of carbonyl (C=O) groups is 1. The van der Waals surface area contributed by atoms with Crippen LogP contribution in [0.1, 0.15) is 53.4 Å². The number of rotatable bonds is 6. The van der Waals surface area contributed by atoms with E-state index in [4.69, 9.17) is 10.2 Å². The SMILES string of the molecule is C[C@@H](/C=C\C(=O)NC1CCC(CN)CC1)O[Si](C)(C)C(C)(C)C. The van der Waals surface area contributed by atoms with Gasteiger partial charge in [-0.2, -0.15) is 0 Å². The molecular weight excluding hydrogens is 304 g/mol. The van der Waals surface area contributed by atoms with E-state index in [1.54, 1.807) is 6.08 Å². The third-order valence-electron chi connectivity index (χ3n) is 5.33. The van der Waals surface area contributed by atoms with Gasteiger partial charge >= 0.3 is 0 Å². The van der Waals surface area contributed by atoms with Gasteiger partial charge in [0.2, 0.25) is 5.91 Å². The molecule has 1 fully saturated rings. The van der Waals surface area contributed by atoms with Crippen molar-refractivity contribution in [2.75, 3.05) is 6.54 Å². The summed E-state index contributed by atoms with van der Waals surface area (Å²) >= 11 is 0. The van der Waals surface area contributed by atoms with Crippen LogP contribution in [0.2, 0.25) is 18.1 Å². The number of nitrogens with two attached hydrogens (primary N) is 1. The smallest absolute Gasteiger partial charge is 0.243 e. The molecule has 1 aliphatic rings. The Morgan fingerprint density at radius 3 is 2.35 bits per heavy atom. The highest BCUT2D eigenvalue weighted by Crippen LogP contribution is 2.37. The van der Waals surface area contributed by atoms with Crippen LogP contribution in [0.3, 0.4) is 0 Å².